The molecule has 1 aliphatic heterocycles. The average molecular weight is 285 g/mol. The van der Waals surface area contributed by atoms with E-state index in [1.807, 2.05) is 38.1 Å². The SMILES string of the molecule is Cc1ccc(C(C)N2CC(S(=O)(=O)F)CC2=O)cc1. The molecular formula is C13H16FNO3S. The Labute approximate surface area is 112 Å². The van der Waals surface area contributed by atoms with Crippen LogP contribution in [0.25, 0.3) is 0 Å². The highest BCUT2D eigenvalue weighted by Gasteiger charge is 2.40. The summed E-state index contributed by atoms with van der Waals surface area (Å²) in [4.78, 5) is 13.2. The van der Waals surface area contributed by atoms with Crippen molar-refractivity contribution < 1.29 is 17.1 Å². The smallest absolute Gasteiger partial charge is 0.307 e. The van der Waals surface area contributed by atoms with E-state index in [0.717, 1.165) is 11.1 Å². The van der Waals surface area contributed by atoms with Crippen molar-refractivity contribution in [2.45, 2.75) is 31.6 Å². The molecule has 0 aromatic heterocycles. The number of hydrogen-bond donors (Lipinski definition) is 0. The molecule has 2 rings (SSSR count). The number of carbonyl (C=O) groups excluding carboxylic acids is 1. The first-order valence-electron chi connectivity index (χ1n) is 6.08. The summed E-state index contributed by atoms with van der Waals surface area (Å²) in [6.45, 7) is 3.70. The Kier molecular flexibility index (Phi) is 3.62. The van der Waals surface area contributed by atoms with Gasteiger partial charge in [0.25, 0.3) is 0 Å². The molecule has 19 heavy (non-hydrogen) atoms. The van der Waals surface area contributed by atoms with Crippen LogP contribution < -0.4 is 0 Å². The number of rotatable bonds is 3. The summed E-state index contributed by atoms with van der Waals surface area (Å²) in [5.74, 6) is -0.320. The van der Waals surface area contributed by atoms with Crippen LogP contribution in [0.15, 0.2) is 24.3 Å². The van der Waals surface area contributed by atoms with E-state index in [4.69, 9.17) is 0 Å². The molecule has 1 fully saturated rings. The Morgan fingerprint density at radius 2 is 1.89 bits per heavy atom. The molecule has 0 bridgehead atoms. The van der Waals surface area contributed by atoms with Gasteiger partial charge < -0.3 is 4.90 Å². The van der Waals surface area contributed by atoms with E-state index in [-0.39, 0.29) is 24.9 Å². The van der Waals surface area contributed by atoms with Crippen molar-refractivity contribution in [2.75, 3.05) is 6.54 Å². The number of carbonyl (C=O) groups is 1. The molecule has 2 unspecified atom stereocenters. The highest BCUT2D eigenvalue weighted by Crippen LogP contribution is 2.28. The summed E-state index contributed by atoms with van der Waals surface area (Å²) in [5, 5.41) is -1.23. The van der Waals surface area contributed by atoms with Crippen LogP contribution in [0.3, 0.4) is 0 Å². The molecule has 2 atom stereocenters. The number of halogens is 1. The minimum Gasteiger partial charge on any atom is -0.334 e. The fourth-order valence-corrected chi connectivity index (χ4v) is 2.97. The summed E-state index contributed by atoms with van der Waals surface area (Å²) in [7, 11) is -4.65. The maximum atomic E-state index is 13.0. The van der Waals surface area contributed by atoms with E-state index in [2.05, 4.69) is 0 Å². The predicted molar refractivity (Wildman–Crippen MR) is 69.7 cm³/mol. The van der Waals surface area contributed by atoms with Crippen molar-refractivity contribution >= 4 is 16.1 Å². The first-order valence-corrected chi connectivity index (χ1v) is 7.53. The van der Waals surface area contributed by atoms with Gasteiger partial charge in [0.2, 0.25) is 5.91 Å². The Bertz CT molecular complexity index is 582. The zero-order valence-electron chi connectivity index (χ0n) is 10.8. The largest absolute Gasteiger partial charge is 0.334 e. The predicted octanol–water partition coefficient (Wildman–Crippen LogP) is 1.96. The lowest BCUT2D eigenvalue weighted by atomic mass is 10.1. The first-order chi connectivity index (χ1) is 8.79. The number of benzene rings is 1. The summed E-state index contributed by atoms with van der Waals surface area (Å²) in [6, 6.07) is 7.39. The van der Waals surface area contributed by atoms with E-state index in [1.54, 1.807) is 0 Å². The molecule has 0 saturated carbocycles. The summed E-state index contributed by atoms with van der Waals surface area (Å²) in [5.41, 5.74) is 2.02. The topological polar surface area (TPSA) is 54.5 Å². The molecule has 1 amide bonds. The fraction of sp³-hybridized carbons (Fsp3) is 0.462. The van der Waals surface area contributed by atoms with Crippen molar-refractivity contribution in [1.29, 1.82) is 0 Å². The van der Waals surface area contributed by atoms with E-state index < -0.39 is 15.5 Å². The normalized spacial score (nSPS) is 21.7. The molecule has 1 aliphatic rings. The van der Waals surface area contributed by atoms with Gasteiger partial charge in [-0.15, -0.1) is 3.89 Å². The number of nitrogens with zero attached hydrogens (tertiary/aromatic N) is 1. The zero-order valence-corrected chi connectivity index (χ0v) is 11.7. The van der Waals surface area contributed by atoms with Gasteiger partial charge in [-0.3, -0.25) is 4.79 Å². The van der Waals surface area contributed by atoms with E-state index in [9.17, 15) is 17.1 Å². The minimum absolute atomic E-state index is 0.0767. The molecule has 0 radical (unpaired) electrons. The molecule has 0 spiro atoms. The van der Waals surface area contributed by atoms with E-state index >= 15 is 0 Å². The van der Waals surface area contributed by atoms with Crippen LogP contribution >= 0.6 is 0 Å². The second-order valence-corrected chi connectivity index (χ2v) is 6.55. The summed E-state index contributed by atoms with van der Waals surface area (Å²) < 4.78 is 34.7. The second-order valence-electron chi connectivity index (χ2n) is 4.93. The number of hydrogen-bond acceptors (Lipinski definition) is 3. The Morgan fingerprint density at radius 1 is 1.32 bits per heavy atom. The molecule has 0 aliphatic carbocycles. The first kappa shape index (κ1) is 14.0. The molecule has 1 aromatic rings. The Balaban J connectivity index is 2.18. The van der Waals surface area contributed by atoms with Crippen LogP contribution in [0.5, 0.6) is 0 Å². The van der Waals surface area contributed by atoms with Crippen LogP contribution in [0.1, 0.15) is 30.5 Å². The van der Waals surface area contributed by atoms with Gasteiger partial charge in [-0.05, 0) is 19.4 Å². The standard InChI is InChI=1S/C13H16FNO3S/c1-9-3-5-11(6-4-9)10(2)15-8-12(7-13(15)16)19(14,17)18/h3-6,10,12H,7-8H2,1-2H3. The van der Waals surface area contributed by atoms with Gasteiger partial charge in [-0.1, -0.05) is 29.8 Å². The highest BCUT2D eigenvalue weighted by molar-refractivity contribution is 7.87. The number of likely N-dealkylation sites (tertiary alicyclic amines) is 1. The van der Waals surface area contributed by atoms with Crippen molar-refractivity contribution in [2.24, 2.45) is 0 Å². The van der Waals surface area contributed by atoms with Crippen molar-refractivity contribution in [3.63, 3.8) is 0 Å². The van der Waals surface area contributed by atoms with E-state index in [0.29, 0.717) is 0 Å². The van der Waals surface area contributed by atoms with Gasteiger partial charge in [0.15, 0.2) is 0 Å². The molecule has 0 N–H and O–H groups in total. The molecule has 104 valence electrons. The Hall–Kier alpha value is -1.43. The third-order valence-electron chi connectivity index (χ3n) is 3.55. The van der Waals surface area contributed by atoms with Gasteiger partial charge >= 0.3 is 10.2 Å². The van der Waals surface area contributed by atoms with Crippen LogP contribution in [0.2, 0.25) is 0 Å². The van der Waals surface area contributed by atoms with Gasteiger partial charge in [0, 0.05) is 13.0 Å². The van der Waals surface area contributed by atoms with Crippen LogP contribution in [0, 0.1) is 6.92 Å². The van der Waals surface area contributed by atoms with Crippen LogP contribution in [-0.2, 0) is 15.0 Å². The number of amides is 1. The molecule has 1 saturated heterocycles. The van der Waals surface area contributed by atoms with Gasteiger partial charge in [-0.25, -0.2) is 0 Å². The van der Waals surface area contributed by atoms with Crippen LogP contribution in [-0.4, -0.2) is 31.0 Å². The second kappa shape index (κ2) is 4.92. The quantitative estimate of drug-likeness (QED) is 0.798. The maximum absolute atomic E-state index is 13.0. The lowest BCUT2D eigenvalue weighted by molar-refractivity contribution is -0.129. The third-order valence-corrected chi connectivity index (χ3v) is 4.66. The lowest BCUT2D eigenvalue weighted by Crippen LogP contribution is -2.30. The van der Waals surface area contributed by atoms with E-state index in [1.165, 1.54) is 4.90 Å². The van der Waals surface area contributed by atoms with Gasteiger partial charge in [-0.2, -0.15) is 8.42 Å². The molecule has 1 heterocycles. The van der Waals surface area contributed by atoms with Gasteiger partial charge in [0.1, 0.15) is 5.25 Å². The third kappa shape index (κ3) is 2.94. The fourth-order valence-electron chi connectivity index (χ4n) is 2.29. The summed E-state index contributed by atoms with van der Waals surface area (Å²) in [6.07, 6.45) is -0.269. The molecule has 1 aromatic carbocycles. The lowest BCUT2D eigenvalue weighted by Gasteiger charge is -2.25. The minimum atomic E-state index is -4.65. The molecular weight excluding hydrogens is 269 g/mol. The van der Waals surface area contributed by atoms with Gasteiger partial charge in [0.05, 0.1) is 6.04 Å². The average Bonchev–Trinajstić information content (AvgIpc) is 2.71. The zero-order chi connectivity index (χ0) is 14.2. The monoisotopic (exact) mass is 285 g/mol. The maximum Gasteiger partial charge on any atom is 0.307 e. The highest BCUT2D eigenvalue weighted by atomic mass is 32.3. The number of aryl methyl sites for hydroxylation is 1. The van der Waals surface area contributed by atoms with Crippen molar-refractivity contribution in [1.82, 2.24) is 4.90 Å². The summed E-state index contributed by atoms with van der Waals surface area (Å²) >= 11 is 0. The van der Waals surface area contributed by atoms with Crippen molar-refractivity contribution in [3.05, 3.63) is 35.4 Å². The Morgan fingerprint density at radius 3 is 2.37 bits per heavy atom. The molecule has 4 nitrogen and oxygen atoms in total. The molecule has 6 heteroatoms. The van der Waals surface area contributed by atoms with Crippen LogP contribution in [0.4, 0.5) is 3.89 Å². The van der Waals surface area contributed by atoms with Crippen molar-refractivity contribution in [3.8, 4) is 0 Å².